The van der Waals surface area contributed by atoms with Gasteiger partial charge in [0.1, 0.15) is 0 Å². The zero-order chi connectivity index (χ0) is 10.1. The molecule has 1 aliphatic heterocycles. The maximum absolute atomic E-state index is 5.74. The Hall–Kier alpha value is -1.32. The molecule has 0 radical (unpaired) electrons. The van der Waals surface area contributed by atoms with Gasteiger partial charge in [-0.25, -0.2) is 0 Å². The molecule has 0 fully saturated rings. The van der Waals surface area contributed by atoms with E-state index >= 15 is 0 Å². The van der Waals surface area contributed by atoms with Crippen molar-refractivity contribution in [3.63, 3.8) is 0 Å². The van der Waals surface area contributed by atoms with Gasteiger partial charge >= 0.3 is 0 Å². The van der Waals surface area contributed by atoms with Crippen LogP contribution >= 0.6 is 11.3 Å². The standard InChI is InChI=1S/C12H11NOS/c1-2-4-11-9(3-1)7-14-12(13-11)10-5-6-15-8-10/h1-6,8,12-13H,7H2. The molecular weight excluding hydrogens is 206 g/mol. The molecule has 1 atom stereocenters. The van der Waals surface area contributed by atoms with Gasteiger partial charge in [-0.2, -0.15) is 11.3 Å². The number of para-hydroxylation sites is 1. The fourth-order valence-corrected chi connectivity index (χ4v) is 2.42. The second-order valence-electron chi connectivity index (χ2n) is 3.55. The van der Waals surface area contributed by atoms with Crippen molar-refractivity contribution in [1.82, 2.24) is 0 Å². The molecule has 0 bridgehead atoms. The predicted octanol–water partition coefficient (Wildman–Crippen LogP) is 3.39. The van der Waals surface area contributed by atoms with Crippen molar-refractivity contribution >= 4 is 17.0 Å². The van der Waals surface area contributed by atoms with Crippen LogP contribution in [0, 0.1) is 0 Å². The first kappa shape index (κ1) is 8.95. The molecule has 1 N–H and O–H groups in total. The van der Waals surface area contributed by atoms with Crippen molar-refractivity contribution in [2.24, 2.45) is 0 Å². The second-order valence-corrected chi connectivity index (χ2v) is 4.33. The van der Waals surface area contributed by atoms with Crippen molar-refractivity contribution in [2.45, 2.75) is 12.8 Å². The number of rotatable bonds is 1. The third kappa shape index (κ3) is 1.64. The molecule has 2 heterocycles. The number of nitrogens with one attached hydrogen (secondary N) is 1. The van der Waals surface area contributed by atoms with Crippen molar-refractivity contribution in [2.75, 3.05) is 5.32 Å². The van der Waals surface area contributed by atoms with E-state index in [1.54, 1.807) is 11.3 Å². The van der Waals surface area contributed by atoms with Gasteiger partial charge in [-0.15, -0.1) is 0 Å². The monoisotopic (exact) mass is 217 g/mol. The lowest BCUT2D eigenvalue weighted by molar-refractivity contribution is 0.0510. The lowest BCUT2D eigenvalue weighted by Crippen LogP contribution is -2.19. The van der Waals surface area contributed by atoms with E-state index in [-0.39, 0.29) is 6.23 Å². The first-order valence-corrected chi connectivity index (χ1v) is 5.86. The number of thiophene rings is 1. The smallest absolute Gasteiger partial charge is 0.155 e. The van der Waals surface area contributed by atoms with Crippen LogP contribution < -0.4 is 5.32 Å². The van der Waals surface area contributed by atoms with Crippen LogP contribution in [-0.2, 0) is 11.3 Å². The topological polar surface area (TPSA) is 21.3 Å². The van der Waals surface area contributed by atoms with Gasteiger partial charge in [0.25, 0.3) is 0 Å². The third-order valence-corrected chi connectivity index (χ3v) is 3.26. The zero-order valence-corrected chi connectivity index (χ0v) is 8.96. The van der Waals surface area contributed by atoms with E-state index in [0.29, 0.717) is 6.61 Å². The number of anilines is 1. The highest BCUT2D eigenvalue weighted by Crippen LogP contribution is 2.30. The quantitative estimate of drug-likeness (QED) is 0.790. The van der Waals surface area contributed by atoms with Gasteiger partial charge in [-0.05, 0) is 22.9 Å². The predicted molar refractivity (Wildman–Crippen MR) is 61.9 cm³/mol. The van der Waals surface area contributed by atoms with Crippen molar-refractivity contribution in [3.8, 4) is 0 Å². The molecule has 3 rings (SSSR count). The van der Waals surface area contributed by atoms with E-state index in [9.17, 15) is 0 Å². The Morgan fingerprint density at radius 1 is 1.27 bits per heavy atom. The summed E-state index contributed by atoms with van der Waals surface area (Å²) >= 11 is 1.69. The first-order valence-electron chi connectivity index (χ1n) is 4.91. The molecule has 76 valence electrons. The highest BCUT2D eigenvalue weighted by atomic mass is 32.1. The van der Waals surface area contributed by atoms with Crippen LogP contribution in [0.1, 0.15) is 17.4 Å². The van der Waals surface area contributed by atoms with Crippen molar-refractivity contribution in [1.29, 1.82) is 0 Å². The summed E-state index contributed by atoms with van der Waals surface area (Å²) in [6.45, 7) is 0.684. The molecule has 1 aliphatic rings. The minimum atomic E-state index is 0.00569. The number of benzene rings is 1. The van der Waals surface area contributed by atoms with E-state index in [2.05, 4.69) is 34.3 Å². The minimum Gasteiger partial charge on any atom is -0.356 e. The molecule has 2 aromatic rings. The van der Waals surface area contributed by atoms with Gasteiger partial charge in [0.15, 0.2) is 6.23 Å². The maximum atomic E-state index is 5.74. The van der Waals surface area contributed by atoms with Crippen LogP contribution in [0.25, 0.3) is 0 Å². The molecule has 1 aromatic carbocycles. The molecule has 0 aliphatic carbocycles. The lowest BCUT2D eigenvalue weighted by atomic mass is 10.1. The molecule has 0 spiro atoms. The molecule has 1 aromatic heterocycles. The molecule has 3 heteroatoms. The van der Waals surface area contributed by atoms with Crippen LogP contribution in [-0.4, -0.2) is 0 Å². The minimum absolute atomic E-state index is 0.00569. The Labute approximate surface area is 92.5 Å². The van der Waals surface area contributed by atoms with Gasteiger partial charge in [-0.3, -0.25) is 0 Å². The summed E-state index contributed by atoms with van der Waals surface area (Å²) in [5.74, 6) is 0. The molecule has 2 nitrogen and oxygen atoms in total. The number of ether oxygens (including phenoxy) is 1. The molecule has 1 unspecified atom stereocenters. The summed E-state index contributed by atoms with van der Waals surface area (Å²) in [6.07, 6.45) is 0.00569. The Balaban J connectivity index is 1.89. The normalized spacial score (nSPS) is 19.3. The first-order chi connectivity index (χ1) is 7.43. The highest BCUT2D eigenvalue weighted by molar-refractivity contribution is 7.07. The van der Waals surface area contributed by atoms with Gasteiger partial charge in [0, 0.05) is 16.8 Å². The zero-order valence-electron chi connectivity index (χ0n) is 8.14. The van der Waals surface area contributed by atoms with Crippen LogP contribution in [0.5, 0.6) is 0 Å². The van der Waals surface area contributed by atoms with Gasteiger partial charge in [0.05, 0.1) is 6.61 Å². The van der Waals surface area contributed by atoms with E-state index in [0.717, 1.165) is 0 Å². The van der Waals surface area contributed by atoms with E-state index in [4.69, 9.17) is 4.74 Å². The molecule has 0 saturated carbocycles. The summed E-state index contributed by atoms with van der Waals surface area (Å²) in [5.41, 5.74) is 3.61. The van der Waals surface area contributed by atoms with Crippen LogP contribution in [0.3, 0.4) is 0 Å². The molecule has 0 amide bonds. The second kappa shape index (κ2) is 3.68. The largest absolute Gasteiger partial charge is 0.356 e. The summed E-state index contributed by atoms with van der Waals surface area (Å²) in [7, 11) is 0. The Kier molecular flexibility index (Phi) is 2.19. The average Bonchev–Trinajstić information content (AvgIpc) is 2.82. The highest BCUT2D eigenvalue weighted by Gasteiger charge is 2.18. The van der Waals surface area contributed by atoms with Crippen LogP contribution in [0.15, 0.2) is 41.1 Å². The van der Waals surface area contributed by atoms with Gasteiger partial charge in [-0.1, -0.05) is 18.2 Å². The summed E-state index contributed by atoms with van der Waals surface area (Å²) in [4.78, 5) is 0. The number of hydrogen-bond donors (Lipinski definition) is 1. The van der Waals surface area contributed by atoms with E-state index < -0.39 is 0 Å². The Morgan fingerprint density at radius 2 is 2.20 bits per heavy atom. The Bertz CT molecular complexity index is 452. The van der Waals surface area contributed by atoms with Gasteiger partial charge in [0.2, 0.25) is 0 Å². The van der Waals surface area contributed by atoms with E-state index in [1.165, 1.54) is 16.8 Å². The van der Waals surface area contributed by atoms with E-state index in [1.807, 2.05) is 12.1 Å². The number of fused-ring (bicyclic) bond motifs is 1. The molecule has 0 saturated heterocycles. The third-order valence-electron chi connectivity index (χ3n) is 2.56. The molecule has 15 heavy (non-hydrogen) atoms. The van der Waals surface area contributed by atoms with Gasteiger partial charge < -0.3 is 10.1 Å². The fourth-order valence-electron chi connectivity index (χ4n) is 1.75. The summed E-state index contributed by atoms with van der Waals surface area (Å²) in [6, 6.07) is 10.4. The Morgan fingerprint density at radius 3 is 3.07 bits per heavy atom. The van der Waals surface area contributed by atoms with Crippen molar-refractivity contribution < 1.29 is 4.74 Å². The van der Waals surface area contributed by atoms with Crippen LogP contribution in [0.2, 0.25) is 0 Å². The van der Waals surface area contributed by atoms with Crippen molar-refractivity contribution in [3.05, 3.63) is 52.2 Å². The average molecular weight is 217 g/mol. The lowest BCUT2D eigenvalue weighted by Gasteiger charge is -2.26. The fraction of sp³-hybridized carbons (Fsp3) is 0.167. The van der Waals surface area contributed by atoms with Crippen LogP contribution in [0.4, 0.5) is 5.69 Å². The summed E-state index contributed by atoms with van der Waals surface area (Å²) < 4.78 is 5.74. The molecular formula is C12H11NOS. The number of hydrogen-bond acceptors (Lipinski definition) is 3. The summed E-state index contributed by atoms with van der Waals surface area (Å²) in [5, 5.41) is 7.57. The maximum Gasteiger partial charge on any atom is 0.155 e. The SMILES string of the molecule is c1ccc2c(c1)COC(c1ccsc1)N2.